The lowest BCUT2D eigenvalue weighted by Crippen LogP contribution is -2.29. The smallest absolute Gasteiger partial charge is 0.253 e. The number of carbonyl (C=O) groups excluding carboxylic acids is 1. The first-order valence-corrected chi connectivity index (χ1v) is 5.40. The Morgan fingerprint density at radius 2 is 2.35 bits per heavy atom. The third-order valence-corrected chi connectivity index (χ3v) is 2.67. The highest BCUT2D eigenvalue weighted by Crippen LogP contribution is 2.13. The maximum Gasteiger partial charge on any atom is 0.253 e. The van der Waals surface area contributed by atoms with Gasteiger partial charge in [0.15, 0.2) is 0 Å². The summed E-state index contributed by atoms with van der Waals surface area (Å²) < 4.78 is 4.95. The zero-order valence-corrected chi connectivity index (χ0v) is 9.93. The Bertz CT molecular complexity index is 521. The number of aromatic nitrogens is 2. The van der Waals surface area contributed by atoms with E-state index in [0.717, 1.165) is 10.9 Å². The fraction of sp³-hybridized carbons (Fsp3) is 0.333. The number of likely N-dealkylation sites (N-methyl/N-ethyl adjacent to an activating group) is 1. The number of nitrogens with one attached hydrogen (secondary N) is 1. The first kappa shape index (κ1) is 11.6. The topological polar surface area (TPSA) is 58.2 Å². The molecule has 2 aromatic rings. The van der Waals surface area contributed by atoms with Crippen molar-refractivity contribution in [1.82, 2.24) is 15.1 Å². The van der Waals surface area contributed by atoms with Gasteiger partial charge in [-0.15, -0.1) is 0 Å². The molecule has 0 fully saturated rings. The van der Waals surface area contributed by atoms with Gasteiger partial charge in [0.1, 0.15) is 0 Å². The number of fused-ring (bicyclic) bond motifs is 1. The van der Waals surface area contributed by atoms with Crippen LogP contribution in [0.5, 0.6) is 0 Å². The van der Waals surface area contributed by atoms with Crippen molar-refractivity contribution in [3.8, 4) is 0 Å². The van der Waals surface area contributed by atoms with E-state index in [-0.39, 0.29) is 5.91 Å². The zero-order chi connectivity index (χ0) is 12.3. The van der Waals surface area contributed by atoms with Crippen LogP contribution in [0, 0.1) is 0 Å². The lowest BCUT2D eigenvalue weighted by molar-refractivity contribution is 0.0744. The standard InChI is InChI=1S/C12H15N3O2/c1-15(5-6-17-2)12(16)9-3-4-10-8-13-14-11(10)7-9/h3-4,7-8H,5-6H2,1-2H3,(H,13,14). The van der Waals surface area contributed by atoms with Crippen molar-refractivity contribution in [2.24, 2.45) is 0 Å². The average Bonchev–Trinajstić information content (AvgIpc) is 2.81. The Labute approximate surface area is 99.4 Å². The van der Waals surface area contributed by atoms with Crippen LogP contribution in [0.3, 0.4) is 0 Å². The van der Waals surface area contributed by atoms with Crippen LogP contribution in [0.1, 0.15) is 10.4 Å². The number of hydrogen-bond donors (Lipinski definition) is 1. The number of carbonyl (C=O) groups is 1. The van der Waals surface area contributed by atoms with Crippen LogP contribution in [0.4, 0.5) is 0 Å². The summed E-state index contributed by atoms with van der Waals surface area (Å²) in [6.45, 7) is 1.12. The van der Waals surface area contributed by atoms with Crippen molar-refractivity contribution in [2.75, 3.05) is 27.3 Å². The molecule has 0 saturated carbocycles. The van der Waals surface area contributed by atoms with Gasteiger partial charge in [-0.05, 0) is 12.1 Å². The second-order valence-electron chi connectivity index (χ2n) is 3.89. The number of aromatic amines is 1. The molecule has 1 heterocycles. The molecule has 0 atom stereocenters. The molecule has 1 aromatic heterocycles. The molecule has 2 rings (SSSR count). The largest absolute Gasteiger partial charge is 0.383 e. The fourth-order valence-electron chi connectivity index (χ4n) is 1.62. The number of benzene rings is 1. The van der Waals surface area contributed by atoms with Gasteiger partial charge in [0, 0.05) is 31.7 Å². The Balaban J connectivity index is 2.17. The molecule has 0 bridgehead atoms. The van der Waals surface area contributed by atoms with Crippen molar-refractivity contribution in [3.05, 3.63) is 30.0 Å². The molecule has 1 N–H and O–H groups in total. The highest BCUT2D eigenvalue weighted by molar-refractivity contribution is 5.97. The minimum absolute atomic E-state index is 0.0152. The highest BCUT2D eigenvalue weighted by atomic mass is 16.5. The van der Waals surface area contributed by atoms with E-state index in [1.54, 1.807) is 25.3 Å². The summed E-state index contributed by atoms with van der Waals surface area (Å²) in [7, 11) is 3.38. The summed E-state index contributed by atoms with van der Waals surface area (Å²) in [5.41, 5.74) is 1.52. The van der Waals surface area contributed by atoms with Gasteiger partial charge in [-0.1, -0.05) is 6.07 Å². The number of rotatable bonds is 4. The van der Waals surface area contributed by atoms with Gasteiger partial charge < -0.3 is 9.64 Å². The van der Waals surface area contributed by atoms with Gasteiger partial charge in [-0.3, -0.25) is 9.89 Å². The van der Waals surface area contributed by atoms with E-state index in [1.165, 1.54) is 0 Å². The molecule has 1 aromatic carbocycles. The molecule has 0 spiro atoms. The molecule has 0 saturated heterocycles. The third-order valence-electron chi connectivity index (χ3n) is 2.67. The third kappa shape index (κ3) is 2.45. The summed E-state index contributed by atoms with van der Waals surface area (Å²) in [6, 6.07) is 5.51. The van der Waals surface area contributed by atoms with Crippen LogP contribution < -0.4 is 0 Å². The molecular formula is C12H15N3O2. The van der Waals surface area contributed by atoms with E-state index >= 15 is 0 Å². The SMILES string of the molecule is COCCN(C)C(=O)c1ccc2cn[nH]c2c1. The van der Waals surface area contributed by atoms with Gasteiger partial charge in [0.25, 0.3) is 5.91 Å². The average molecular weight is 233 g/mol. The Morgan fingerprint density at radius 1 is 1.53 bits per heavy atom. The molecule has 0 radical (unpaired) electrons. The van der Waals surface area contributed by atoms with Crippen molar-refractivity contribution < 1.29 is 9.53 Å². The van der Waals surface area contributed by atoms with Gasteiger partial charge in [0.2, 0.25) is 0 Å². The van der Waals surface area contributed by atoms with E-state index in [9.17, 15) is 4.79 Å². The molecular weight excluding hydrogens is 218 g/mol. The van der Waals surface area contributed by atoms with Crippen LogP contribution in [0.2, 0.25) is 0 Å². The summed E-state index contributed by atoms with van der Waals surface area (Å²) in [4.78, 5) is 13.7. The maximum atomic E-state index is 12.1. The normalized spacial score (nSPS) is 10.7. The first-order chi connectivity index (χ1) is 8.22. The van der Waals surface area contributed by atoms with E-state index in [2.05, 4.69) is 10.2 Å². The predicted molar refractivity (Wildman–Crippen MR) is 64.9 cm³/mol. The van der Waals surface area contributed by atoms with Crippen LogP contribution in [0.25, 0.3) is 10.9 Å². The van der Waals surface area contributed by atoms with Crippen LogP contribution in [0.15, 0.2) is 24.4 Å². The number of methoxy groups -OCH3 is 1. The Hall–Kier alpha value is -1.88. The van der Waals surface area contributed by atoms with Gasteiger partial charge in [-0.25, -0.2) is 0 Å². The van der Waals surface area contributed by atoms with Crippen molar-refractivity contribution >= 4 is 16.8 Å². The molecule has 0 aliphatic carbocycles. The summed E-state index contributed by atoms with van der Waals surface area (Å²) in [6.07, 6.45) is 1.73. The Morgan fingerprint density at radius 3 is 3.12 bits per heavy atom. The lowest BCUT2D eigenvalue weighted by atomic mass is 10.1. The molecule has 1 amide bonds. The van der Waals surface area contributed by atoms with Gasteiger partial charge >= 0.3 is 0 Å². The van der Waals surface area contributed by atoms with E-state index < -0.39 is 0 Å². The van der Waals surface area contributed by atoms with Crippen LogP contribution >= 0.6 is 0 Å². The number of hydrogen-bond acceptors (Lipinski definition) is 3. The van der Waals surface area contributed by atoms with E-state index in [1.807, 2.05) is 18.2 Å². The molecule has 0 unspecified atom stereocenters. The van der Waals surface area contributed by atoms with Crippen LogP contribution in [-0.4, -0.2) is 48.3 Å². The molecule has 17 heavy (non-hydrogen) atoms. The quantitative estimate of drug-likeness (QED) is 0.865. The van der Waals surface area contributed by atoms with Gasteiger partial charge in [0.05, 0.1) is 18.3 Å². The number of ether oxygens (including phenoxy) is 1. The lowest BCUT2D eigenvalue weighted by Gasteiger charge is -2.16. The molecule has 0 aliphatic rings. The highest BCUT2D eigenvalue weighted by Gasteiger charge is 2.11. The number of nitrogens with zero attached hydrogens (tertiary/aromatic N) is 2. The molecule has 5 heteroatoms. The second kappa shape index (κ2) is 4.97. The maximum absolute atomic E-state index is 12.1. The van der Waals surface area contributed by atoms with E-state index in [4.69, 9.17) is 4.74 Å². The summed E-state index contributed by atoms with van der Waals surface area (Å²) in [5.74, 6) is -0.0152. The van der Waals surface area contributed by atoms with E-state index in [0.29, 0.717) is 18.7 Å². The van der Waals surface area contributed by atoms with Gasteiger partial charge in [-0.2, -0.15) is 5.10 Å². The second-order valence-corrected chi connectivity index (χ2v) is 3.89. The monoisotopic (exact) mass is 233 g/mol. The van der Waals surface area contributed by atoms with Crippen molar-refractivity contribution in [2.45, 2.75) is 0 Å². The molecule has 0 aliphatic heterocycles. The minimum atomic E-state index is -0.0152. The molecule has 5 nitrogen and oxygen atoms in total. The first-order valence-electron chi connectivity index (χ1n) is 5.40. The zero-order valence-electron chi connectivity index (χ0n) is 9.93. The number of H-pyrrole nitrogens is 1. The minimum Gasteiger partial charge on any atom is -0.383 e. The summed E-state index contributed by atoms with van der Waals surface area (Å²) in [5, 5.41) is 7.78. The number of amides is 1. The van der Waals surface area contributed by atoms with Crippen LogP contribution in [-0.2, 0) is 4.74 Å². The van der Waals surface area contributed by atoms with Crippen molar-refractivity contribution in [3.63, 3.8) is 0 Å². The van der Waals surface area contributed by atoms with Crippen molar-refractivity contribution in [1.29, 1.82) is 0 Å². The summed E-state index contributed by atoms with van der Waals surface area (Å²) >= 11 is 0. The predicted octanol–water partition coefficient (Wildman–Crippen LogP) is 1.28. The fourth-order valence-corrected chi connectivity index (χ4v) is 1.62. The molecule has 90 valence electrons. The Kier molecular flexibility index (Phi) is 3.39.